The highest BCUT2D eigenvalue weighted by Crippen LogP contribution is 2.34. The molecule has 3 rings (SSSR count). The summed E-state index contributed by atoms with van der Waals surface area (Å²) in [7, 11) is 1.88. The highest BCUT2D eigenvalue weighted by atomic mass is 32.1. The third-order valence-corrected chi connectivity index (χ3v) is 4.51. The molecule has 3 unspecified atom stereocenters. The van der Waals surface area contributed by atoms with Crippen LogP contribution in [0.25, 0.3) is 0 Å². The molecule has 0 aromatic carbocycles. The van der Waals surface area contributed by atoms with Gasteiger partial charge in [0.1, 0.15) is 0 Å². The maximum atomic E-state index is 12.3. The van der Waals surface area contributed by atoms with Crippen LogP contribution in [0.4, 0.5) is 0 Å². The van der Waals surface area contributed by atoms with Crippen LogP contribution in [0.1, 0.15) is 25.0 Å². The van der Waals surface area contributed by atoms with Gasteiger partial charge in [-0.1, -0.05) is 0 Å². The molecule has 2 bridgehead atoms. The third-order valence-electron chi connectivity index (χ3n) is 3.88. The smallest absolute Gasteiger partial charge is 0.227 e. The Kier molecular flexibility index (Phi) is 2.88. The molecule has 4 nitrogen and oxygen atoms in total. The summed E-state index contributed by atoms with van der Waals surface area (Å²) in [5.41, 5.74) is 2.80. The predicted molar refractivity (Wildman–Crippen MR) is 66.6 cm³/mol. The molecule has 1 aromatic rings. The van der Waals surface area contributed by atoms with Crippen molar-refractivity contribution in [3.63, 3.8) is 0 Å². The number of fused-ring (bicyclic) bond motifs is 2. The highest BCUT2D eigenvalue weighted by Gasteiger charge is 2.43. The topological polar surface area (TPSA) is 45.2 Å². The number of nitrogens with one attached hydrogen (secondary N) is 1. The molecule has 0 saturated carbocycles. The van der Waals surface area contributed by atoms with E-state index in [9.17, 15) is 4.79 Å². The summed E-state index contributed by atoms with van der Waals surface area (Å²) in [6.07, 6.45) is 3.42. The molecule has 1 N–H and O–H groups in total. The number of rotatable bonds is 3. The van der Waals surface area contributed by atoms with Crippen molar-refractivity contribution in [1.82, 2.24) is 15.2 Å². The first kappa shape index (κ1) is 11.2. The lowest BCUT2D eigenvalue weighted by Crippen LogP contribution is -2.38. The fourth-order valence-electron chi connectivity index (χ4n) is 3.02. The Labute approximate surface area is 105 Å². The number of hydrogen-bond acceptors (Lipinski definition) is 4. The SMILES string of the molecule is CN(Cc1cscn1)C(=O)C1CC2CCC1N2. The molecule has 17 heavy (non-hydrogen) atoms. The van der Waals surface area contributed by atoms with Crippen LogP contribution in [0.5, 0.6) is 0 Å². The summed E-state index contributed by atoms with van der Waals surface area (Å²) >= 11 is 1.58. The number of aromatic nitrogens is 1. The first-order valence-electron chi connectivity index (χ1n) is 6.12. The second kappa shape index (κ2) is 4.38. The number of carbonyl (C=O) groups is 1. The Morgan fingerprint density at radius 3 is 3.12 bits per heavy atom. The van der Waals surface area contributed by atoms with Gasteiger partial charge < -0.3 is 10.2 Å². The molecule has 2 saturated heterocycles. The lowest BCUT2D eigenvalue weighted by Gasteiger charge is -2.25. The molecule has 3 atom stereocenters. The maximum absolute atomic E-state index is 12.3. The van der Waals surface area contributed by atoms with E-state index < -0.39 is 0 Å². The zero-order chi connectivity index (χ0) is 11.8. The van der Waals surface area contributed by atoms with Crippen LogP contribution in [0, 0.1) is 5.92 Å². The van der Waals surface area contributed by atoms with E-state index in [1.807, 2.05) is 22.8 Å². The van der Waals surface area contributed by atoms with Gasteiger partial charge in [0.15, 0.2) is 0 Å². The Bertz CT molecular complexity index is 406. The van der Waals surface area contributed by atoms with Gasteiger partial charge in [-0.3, -0.25) is 4.79 Å². The summed E-state index contributed by atoms with van der Waals surface area (Å²) < 4.78 is 0. The van der Waals surface area contributed by atoms with Crippen LogP contribution in [0.2, 0.25) is 0 Å². The Morgan fingerprint density at radius 1 is 1.65 bits per heavy atom. The molecule has 2 aliphatic heterocycles. The van der Waals surface area contributed by atoms with E-state index in [0.717, 1.165) is 18.5 Å². The number of thiazole rings is 1. The zero-order valence-corrected chi connectivity index (χ0v) is 10.7. The average Bonchev–Trinajstić information content (AvgIpc) is 3.04. The molecule has 2 fully saturated rings. The van der Waals surface area contributed by atoms with Crippen molar-refractivity contribution < 1.29 is 4.79 Å². The molecule has 92 valence electrons. The van der Waals surface area contributed by atoms with Gasteiger partial charge in [-0.15, -0.1) is 11.3 Å². The van der Waals surface area contributed by atoms with Crippen molar-refractivity contribution in [1.29, 1.82) is 0 Å². The first-order chi connectivity index (χ1) is 8.24. The zero-order valence-electron chi connectivity index (χ0n) is 9.93. The largest absolute Gasteiger partial charge is 0.340 e. The van der Waals surface area contributed by atoms with E-state index >= 15 is 0 Å². The second-order valence-electron chi connectivity index (χ2n) is 5.06. The van der Waals surface area contributed by atoms with Crippen LogP contribution in [-0.2, 0) is 11.3 Å². The summed E-state index contributed by atoms with van der Waals surface area (Å²) in [6, 6.07) is 1.01. The monoisotopic (exact) mass is 251 g/mol. The lowest BCUT2D eigenvalue weighted by molar-refractivity contribution is -0.135. The second-order valence-corrected chi connectivity index (χ2v) is 5.78. The molecular weight excluding hydrogens is 234 g/mol. The molecule has 1 aromatic heterocycles. The fourth-order valence-corrected chi connectivity index (χ4v) is 3.57. The Morgan fingerprint density at radius 2 is 2.53 bits per heavy atom. The van der Waals surface area contributed by atoms with E-state index in [0.29, 0.717) is 18.6 Å². The van der Waals surface area contributed by atoms with Crippen molar-refractivity contribution in [2.24, 2.45) is 5.92 Å². The minimum Gasteiger partial charge on any atom is -0.340 e. The average molecular weight is 251 g/mol. The molecule has 0 aliphatic carbocycles. The van der Waals surface area contributed by atoms with E-state index in [2.05, 4.69) is 10.3 Å². The molecule has 5 heteroatoms. The summed E-state index contributed by atoms with van der Waals surface area (Å²) in [5.74, 6) is 0.468. The molecule has 0 radical (unpaired) electrons. The summed E-state index contributed by atoms with van der Waals surface area (Å²) in [5, 5.41) is 5.51. The minimum atomic E-state index is 0.192. The standard InChI is InChI=1S/C12H17N3OS/c1-15(5-9-6-17-7-13-9)12(16)10-4-8-2-3-11(10)14-8/h6-8,10-11,14H,2-5H2,1H3. The van der Waals surface area contributed by atoms with Crippen LogP contribution in [-0.4, -0.2) is 34.9 Å². The van der Waals surface area contributed by atoms with Gasteiger partial charge in [-0.2, -0.15) is 0 Å². The van der Waals surface area contributed by atoms with Crippen LogP contribution >= 0.6 is 11.3 Å². The Balaban J connectivity index is 1.62. The van der Waals surface area contributed by atoms with Gasteiger partial charge in [0.2, 0.25) is 5.91 Å². The van der Waals surface area contributed by atoms with Gasteiger partial charge in [0.25, 0.3) is 0 Å². The minimum absolute atomic E-state index is 0.192. The van der Waals surface area contributed by atoms with Gasteiger partial charge in [0.05, 0.1) is 23.7 Å². The number of carbonyl (C=O) groups excluding carboxylic acids is 1. The van der Waals surface area contributed by atoms with Gasteiger partial charge in [-0.05, 0) is 19.3 Å². The molecule has 2 aliphatic rings. The van der Waals surface area contributed by atoms with Crippen molar-refractivity contribution in [2.45, 2.75) is 37.9 Å². The molecule has 1 amide bonds. The number of nitrogens with zero attached hydrogens (tertiary/aromatic N) is 2. The quantitative estimate of drug-likeness (QED) is 0.879. The lowest BCUT2D eigenvalue weighted by atomic mass is 9.88. The van der Waals surface area contributed by atoms with Crippen LogP contribution < -0.4 is 5.32 Å². The summed E-state index contributed by atoms with van der Waals surface area (Å²) in [4.78, 5) is 18.4. The van der Waals surface area contributed by atoms with Crippen LogP contribution in [0.15, 0.2) is 10.9 Å². The molecule has 3 heterocycles. The fraction of sp³-hybridized carbons (Fsp3) is 0.667. The normalized spacial score (nSPS) is 30.8. The molecule has 0 spiro atoms. The Hall–Kier alpha value is -0.940. The van der Waals surface area contributed by atoms with Crippen molar-refractivity contribution in [3.8, 4) is 0 Å². The van der Waals surface area contributed by atoms with Crippen molar-refractivity contribution in [3.05, 3.63) is 16.6 Å². The highest BCUT2D eigenvalue weighted by molar-refractivity contribution is 7.07. The number of amides is 1. The number of hydrogen-bond donors (Lipinski definition) is 1. The van der Waals surface area contributed by atoms with Gasteiger partial charge in [-0.25, -0.2) is 4.98 Å². The van der Waals surface area contributed by atoms with E-state index in [4.69, 9.17) is 0 Å². The van der Waals surface area contributed by atoms with Crippen LogP contribution in [0.3, 0.4) is 0 Å². The molecular formula is C12H17N3OS. The van der Waals surface area contributed by atoms with Gasteiger partial charge >= 0.3 is 0 Å². The van der Waals surface area contributed by atoms with E-state index in [1.165, 1.54) is 6.42 Å². The maximum Gasteiger partial charge on any atom is 0.227 e. The predicted octanol–water partition coefficient (Wildman–Crippen LogP) is 1.24. The van der Waals surface area contributed by atoms with Crippen molar-refractivity contribution in [2.75, 3.05) is 7.05 Å². The summed E-state index contributed by atoms with van der Waals surface area (Å²) in [6.45, 7) is 0.635. The van der Waals surface area contributed by atoms with Crippen molar-refractivity contribution >= 4 is 17.2 Å². The third kappa shape index (κ3) is 2.09. The van der Waals surface area contributed by atoms with Gasteiger partial charge in [0, 0.05) is 24.5 Å². The van der Waals surface area contributed by atoms with E-state index in [-0.39, 0.29) is 11.8 Å². The first-order valence-corrected chi connectivity index (χ1v) is 7.06. The van der Waals surface area contributed by atoms with E-state index in [1.54, 1.807) is 11.3 Å².